The third-order valence-electron chi connectivity index (χ3n) is 2.82. The molecule has 4 nitrogen and oxygen atoms in total. The predicted molar refractivity (Wildman–Crippen MR) is 76.4 cm³/mol. The number of aryl methyl sites for hydroxylation is 1. The van der Waals surface area contributed by atoms with Gasteiger partial charge in [0.1, 0.15) is 0 Å². The monoisotopic (exact) mass is 285 g/mol. The first-order chi connectivity index (χ1) is 8.58. The van der Waals surface area contributed by atoms with E-state index in [0.29, 0.717) is 17.7 Å². The molecule has 0 fully saturated rings. The van der Waals surface area contributed by atoms with Crippen LogP contribution in [0.4, 0.5) is 0 Å². The molecule has 5 heteroatoms. The molecule has 0 radical (unpaired) electrons. The lowest BCUT2D eigenvalue weighted by Crippen LogP contribution is -2.34. The van der Waals surface area contributed by atoms with Gasteiger partial charge in [0, 0.05) is 13.6 Å². The minimum absolute atomic E-state index is 0.107. The third kappa shape index (κ3) is 4.03. The van der Waals surface area contributed by atoms with E-state index < -0.39 is 10.0 Å². The van der Waals surface area contributed by atoms with Crippen molar-refractivity contribution < 1.29 is 13.5 Å². The Balaban J connectivity index is 3.20. The number of benzene rings is 1. The van der Waals surface area contributed by atoms with Crippen LogP contribution in [0.1, 0.15) is 31.9 Å². The number of rotatable bonds is 4. The Morgan fingerprint density at radius 1 is 1.26 bits per heavy atom. The van der Waals surface area contributed by atoms with E-state index in [0.717, 1.165) is 0 Å². The van der Waals surface area contributed by atoms with Gasteiger partial charge >= 0.3 is 0 Å². The zero-order valence-corrected chi connectivity index (χ0v) is 13.1. The third-order valence-corrected chi connectivity index (χ3v) is 4.77. The molecular weight excluding hydrogens is 262 g/mol. The van der Waals surface area contributed by atoms with Crippen molar-refractivity contribution in [3.63, 3.8) is 0 Å². The summed E-state index contributed by atoms with van der Waals surface area (Å²) in [5, 5.41) is 9.14. The second-order valence-electron chi connectivity index (χ2n) is 6.08. The number of aliphatic hydroxyl groups excluding tert-OH is 1. The van der Waals surface area contributed by atoms with E-state index in [9.17, 15) is 8.42 Å². The van der Waals surface area contributed by atoms with Crippen LogP contribution in [0.3, 0.4) is 0 Å². The van der Waals surface area contributed by atoms with E-state index >= 15 is 0 Å². The molecule has 0 spiro atoms. The molecule has 0 amide bonds. The summed E-state index contributed by atoms with van der Waals surface area (Å²) in [5.41, 5.74) is 1.19. The molecule has 0 aliphatic heterocycles. The van der Waals surface area contributed by atoms with Gasteiger partial charge in [-0.05, 0) is 29.5 Å². The van der Waals surface area contributed by atoms with Crippen LogP contribution in [0.25, 0.3) is 0 Å². The van der Waals surface area contributed by atoms with Crippen molar-refractivity contribution in [1.82, 2.24) is 4.31 Å². The molecule has 0 aliphatic rings. The molecule has 0 saturated carbocycles. The smallest absolute Gasteiger partial charge is 0.243 e. The van der Waals surface area contributed by atoms with Crippen LogP contribution in [-0.2, 0) is 16.6 Å². The van der Waals surface area contributed by atoms with E-state index in [-0.39, 0.29) is 16.9 Å². The molecule has 0 atom stereocenters. The molecule has 0 saturated heterocycles. The van der Waals surface area contributed by atoms with Crippen molar-refractivity contribution in [2.24, 2.45) is 5.41 Å². The zero-order chi connectivity index (χ0) is 14.8. The van der Waals surface area contributed by atoms with Crippen LogP contribution in [-0.4, -0.2) is 31.4 Å². The zero-order valence-electron chi connectivity index (χ0n) is 12.3. The van der Waals surface area contributed by atoms with Gasteiger partial charge in [-0.2, -0.15) is 0 Å². The van der Waals surface area contributed by atoms with Crippen molar-refractivity contribution in [2.45, 2.75) is 39.2 Å². The van der Waals surface area contributed by atoms with Gasteiger partial charge in [-0.15, -0.1) is 0 Å². The predicted octanol–water partition coefficient (Wildman–Crippen LogP) is 2.15. The average molecular weight is 285 g/mol. The van der Waals surface area contributed by atoms with Crippen LogP contribution in [0, 0.1) is 12.3 Å². The molecule has 1 N–H and O–H groups in total. The Bertz CT molecular complexity index is 544. The molecule has 1 rings (SSSR count). The molecule has 19 heavy (non-hydrogen) atoms. The van der Waals surface area contributed by atoms with Gasteiger partial charge in [-0.1, -0.05) is 32.9 Å². The number of nitrogens with zero attached hydrogens (tertiary/aromatic N) is 1. The summed E-state index contributed by atoms with van der Waals surface area (Å²) in [5.74, 6) is 0. The lowest BCUT2D eigenvalue weighted by Gasteiger charge is -2.26. The second-order valence-corrected chi connectivity index (χ2v) is 8.09. The molecule has 0 unspecified atom stereocenters. The van der Waals surface area contributed by atoms with E-state index in [1.54, 1.807) is 32.2 Å². The first-order valence-electron chi connectivity index (χ1n) is 6.24. The normalized spacial score (nSPS) is 13.0. The fourth-order valence-electron chi connectivity index (χ4n) is 1.94. The van der Waals surface area contributed by atoms with Crippen molar-refractivity contribution in [3.05, 3.63) is 29.3 Å². The first-order valence-corrected chi connectivity index (χ1v) is 7.68. The number of hydrogen-bond donors (Lipinski definition) is 1. The van der Waals surface area contributed by atoms with Crippen molar-refractivity contribution >= 4 is 10.0 Å². The summed E-state index contributed by atoms with van der Waals surface area (Å²) in [7, 11) is -1.92. The maximum atomic E-state index is 12.5. The molecule has 1 aromatic rings. The lowest BCUT2D eigenvalue weighted by molar-refractivity contribution is 0.281. The molecule has 108 valence electrons. The second kappa shape index (κ2) is 5.61. The fourth-order valence-corrected chi connectivity index (χ4v) is 3.61. The van der Waals surface area contributed by atoms with Crippen molar-refractivity contribution in [3.8, 4) is 0 Å². The van der Waals surface area contributed by atoms with E-state index in [1.807, 2.05) is 20.8 Å². The fraction of sp³-hybridized carbons (Fsp3) is 0.571. The minimum Gasteiger partial charge on any atom is -0.392 e. The Morgan fingerprint density at radius 3 is 2.32 bits per heavy atom. The molecule has 0 aromatic heterocycles. The highest BCUT2D eigenvalue weighted by atomic mass is 32.2. The highest BCUT2D eigenvalue weighted by molar-refractivity contribution is 7.89. The highest BCUT2D eigenvalue weighted by Gasteiger charge is 2.26. The van der Waals surface area contributed by atoms with Crippen molar-refractivity contribution in [2.75, 3.05) is 13.6 Å². The Hall–Kier alpha value is -0.910. The minimum atomic E-state index is -3.51. The summed E-state index contributed by atoms with van der Waals surface area (Å²) in [6.45, 7) is 8.03. The number of hydrogen-bond acceptors (Lipinski definition) is 3. The van der Waals surface area contributed by atoms with Gasteiger partial charge in [0.2, 0.25) is 10.0 Å². The number of sulfonamides is 1. The first kappa shape index (κ1) is 16.1. The summed E-state index contributed by atoms with van der Waals surface area (Å²) in [6.07, 6.45) is 0. The van der Waals surface area contributed by atoms with Crippen molar-refractivity contribution in [1.29, 1.82) is 0 Å². The molecule has 0 aliphatic carbocycles. The summed E-state index contributed by atoms with van der Waals surface area (Å²) < 4.78 is 26.5. The Morgan fingerprint density at radius 2 is 1.84 bits per heavy atom. The van der Waals surface area contributed by atoms with Gasteiger partial charge in [-0.3, -0.25) is 0 Å². The number of aliphatic hydroxyl groups is 1. The Labute approximate surface area is 116 Å². The summed E-state index contributed by atoms with van der Waals surface area (Å²) >= 11 is 0. The standard InChI is InChI=1S/C14H23NO3S/c1-11-6-7-12(9-16)8-13(11)19(17,18)15(5)10-14(2,3)4/h6-8,16H,9-10H2,1-5H3. The maximum absolute atomic E-state index is 12.5. The molecule has 0 bridgehead atoms. The molecular formula is C14H23NO3S. The van der Waals surface area contributed by atoms with Gasteiger partial charge in [0.05, 0.1) is 11.5 Å². The van der Waals surface area contributed by atoms with Crippen LogP contribution < -0.4 is 0 Å². The topological polar surface area (TPSA) is 57.6 Å². The largest absolute Gasteiger partial charge is 0.392 e. The molecule has 0 heterocycles. The maximum Gasteiger partial charge on any atom is 0.243 e. The molecule has 1 aromatic carbocycles. The van der Waals surface area contributed by atoms with E-state index in [2.05, 4.69) is 0 Å². The van der Waals surface area contributed by atoms with Crippen LogP contribution in [0.2, 0.25) is 0 Å². The van der Waals surface area contributed by atoms with E-state index in [1.165, 1.54) is 4.31 Å². The SMILES string of the molecule is Cc1ccc(CO)cc1S(=O)(=O)N(C)CC(C)(C)C. The highest BCUT2D eigenvalue weighted by Crippen LogP contribution is 2.24. The van der Waals surface area contributed by atoms with Gasteiger partial charge in [0.25, 0.3) is 0 Å². The Kier molecular flexibility index (Phi) is 4.76. The van der Waals surface area contributed by atoms with Crippen LogP contribution in [0.15, 0.2) is 23.1 Å². The summed E-state index contributed by atoms with van der Waals surface area (Å²) in [6, 6.07) is 5.01. The summed E-state index contributed by atoms with van der Waals surface area (Å²) in [4.78, 5) is 0.269. The van der Waals surface area contributed by atoms with E-state index in [4.69, 9.17) is 5.11 Å². The van der Waals surface area contributed by atoms with Gasteiger partial charge in [0.15, 0.2) is 0 Å². The van der Waals surface area contributed by atoms with Crippen LogP contribution >= 0.6 is 0 Å². The van der Waals surface area contributed by atoms with Gasteiger partial charge in [-0.25, -0.2) is 12.7 Å². The van der Waals surface area contributed by atoms with Gasteiger partial charge < -0.3 is 5.11 Å². The van der Waals surface area contributed by atoms with Crippen LogP contribution in [0.5, 0.6) is 0 Å². The lowest BCUT2D eigenvalue weighted by atomic mass is 9.97. The average Bonchev–Trinajstić information content (AvgIpc) is 2.27. The quantitative estimate of drug-likeness (QED) is 0.922.